The molecule has 0 spiro atoms. The van der Waals surface area contributed by atoms with Gasteiger partial charge in [-0.15, -0.1) is 0 Å². The molecular formula is C22H26ClN3O2. The Morgan fingerprint density at radius 2 is 2.18 bits per heavy atom. The summed E-state index contributed by atoms with van der Waals surface area (Å²) < 4.78 is 5.98. The van der Waals surface area contributed by atoms with Crippen LogP contribution in [0.2, 0.25) is 5.02 Å². The molecule has 1 aromatic carbocycles. The molecule has 1 aliphatic carbocycles. The first-order valence-corrected chi connectivity index (χ1v) is 9.73. The summed E-state index contributed by atoms with van der Waals surface area (Å²) in [6, 6.07) is 5.54. The molecule has 1 saturated carbocycles. The van der Waals surface area contributed by atoms with Gasteiger partial charge in [0.15, 0.2) is 0 Å². The molecule has 0 bridgehead atoms. The third kappa shape index (κ3) is 4.37. The van der Waals surface area contributed by atoms with Gasteiger partial charge in [-0.2, -0.15) is 0 Å². The Labute approximate surface area is 171 Å². The fraction of sp³-hybridized carbons (Fsp3) is 0.364. The molecule has 1 aliphatic rings. The zero-order chi connectivity index (χ0) is 20.3. The van der Waals surface area contributed by atoms with Gasteiger partial charge in [-0.05, 0) is 68.9 Å². The molecule has 5 nitrogen and oxygen atoms in total. The standard InChI is InChI=1S/C22H26ClN3O2/c1-5-17-18(23)10-15(21(14-6-7-14)22(17)24-2)11-19(25-13-27)20-9-8-16(28-20)12-26(3)4/h5,8-10,13-14,19H,1-2,6-7,11-12H2,3-4H3,(H,25,27). The highest BCUT2D eigenvalue weighted by Gasteiger charge is 2.31. The molecule has 1 N–H and O–H groups in total. The number of hydrogen-bond acceptors (Lipinski definition) is 4. The summed E-state index contributed by atoms with van der Waals surface area (Å²) in [6.07, 6.45) is 5.24. The SMILES string of the molecule is C=Cc1c(Cl)cc(CC(NC=O)c2ccc(CN(C)C)o2)c(C2CC2)c1N=C. The van der Waals surface area contributed by atoms with Crippen LogP contribution in [0.1, 0.15) is 53.0 Å². The van der Waals surface area contributed by atoms with Crippen molar-refractivity contribution < 1.29 is 9.21 Å². The minimum Gasteiger partial charge on any atom is -0.463 e. The van der Waals surface area contributed by atoms with Crippen molar-refractivity contribution >= 4 is 36.5 Å². The maximum atomic E-state index is 11.3. The van der Waals surface area contributed by atoms with E-state index >= 15 is 0 Å². The molecule has 0 radical (unpaired) electrons. The Kier molecular flexibility index (Phi) is 6.37. The third-order valence-electron chi connectivity index (χ3n) is 4.95. The molecule has 0 aliphatic heterocycles. The number of carbonyl (C=O) groups excluding carboxylic acids is 1. The van der Waals surface area contributed by atoms with Gasteiger partial charge in [0, 0.05) is 12.0 Å². The third-order valence-corrected chi connectivity index (χ3v) is 5.27. The number of rotatable bonds is 10. The number of carbonyl (C=O) groups is 1. The second kappa shape index (κ2) is 8.76. The van der Waals surface area contributed by atoms with Crippen molar-refractivity contribution in [3.63, 3.8) is 0 Å². The molecule has 1 heterocycles. The molecule has 1 aromatic heterocycles. The minimum absolute atomic E-state index is 0.283. The van der Waals surface area contributed by atoms with Crippen LogP contribution in [0.4, 0.5) is 5.69 Å². The first kappa shape index (κ1) is 20.4. The van der Waals surface area contributed by atoms with Crippen LogP contribution in [-0.2, 0) is 17.8 Å². The van der Waals surface area contributed by atoms with E-state index in [0.717, 1.165) is 46.7 Å². The number of furan rings is 1. The van der Waals surface area contributed by atoms with E-state index in [1.54, 1.807) is 6.08 Å². The monoisotopic (exact) mass is 399 g/mol. The predicted molar refractivity (Wildman–Crippen MR) is 114 cm³/mol. The summed E-state index contributed by atoms with van der Waals surface area (Å²) in [5.41, 5.74) is 3.84. The Bertz CT molecular complexity index is 884. The van der Waals surface area contributed by atoms with Crippen LogP contribution in [0.15, 0.2) is 34.2 Å². The summed E-state index contributed by atoms with van der Waals surface area (Å²) in [7, 11) is 3.97. The van der Waals surface area contributed by atoms with E-state index in [1.807, 2.05) is 37.2 Å². The average Bonchev–Trinajstić information content (AvgIpc) is 3.38. The van der Waals surface area contributed by atoms with E-state index in [-0.39, 0.29) is 6.04 Å². The summed E-state index contributed by atoms with van der Waals surface area (Å²) in [5.74, 6) is 2.03. The number of nitrogens with zero attached hydrogens (tertiary/aromatic N) is 2. The molecule has 28 heavy (non-hydrogen) atoms. The maximum Gasteiger partial charge on any atom is 0.207 e. The van der Waals surface area contributed by atoms with E-state index in [2.05, 4.69) is 23.6 Å². The van der Waals surface area contributed by atoms with Crippen LogP contribution in [0.5, 0.6) is 0 Å². The smallest absolute Gasteiger partial charge is 0.207 e. The van der Waals surface area contributed by atoms with Crippen LogP contribution in [0.25, 0.3) is 6.08 Å². The van der Waals surface area contributed by atoms with Gasteiger partial charge in [0.2, 0.25) is 6.41 Å². The van der Waals surface area contributed by atoms with Gasteiger partial charge in [-0.1, -0.05) is 24.3 Å². The van der Waals surface area contributed by atoms with Crippen molar-refractivity contribution in [2.24, 2.45) is 4.99 Å². The quantitative estimate of drug-likeness (QED) is 0.457. The van der Waals surface area contributed by atoms with Gasteiger partial charge in [0.05, 0.1) is 23.3 Å². The predicted octanol–water partition coefficient (Wildman–Crippen LogP) is 4.88. The minimum atomic E-state index is -0.283. The Morgan fingerprint density at radius 3 is 2.75 bits per heavy atom. The number of amides is 1. The van der Waals surface area contributed by atoms with E-state index in [9.17, 15) is 4.79 Å². The zero-order valence-electron chi connectivity index (χ0n) is 16.4. The van der Waals surface area contributed by atoms with E-state index in [1.165, 1.54) is 0 Å². The number of benzene rings is 1. The Morgan fingerprint density at radius 1 is 1.43 bits per heavy atom. The first-order valence-electron chi connectivity index (χ1n) is 9.35. The molecule has 1 amide bonds. The summed E-state index contributed by atoms with van der Waals surface area (Å²) in [4.78, 5) is 17.6. The van der Waals surface area contributed by atoms with Crippen LogP contribution in [-0.4, -0.2) is 32.1 Å². The molecular weight excluding hydrogens is 374 g/mol. The number of hydrogen-bond donors (Lipinski definition) is 1. The van der Waals surface area contributed by atoms with Crippen molar-refractivity contribution in [3.8, 4) is 0 Å². The molecule has 0 saturated heterocycles. The maximum absolute atomic E-state index is 11.3. The van der Waals surface area contributed by atoms with E-state index in [0.29, 0.717) is 30.3 Å². The first-order chi connectivity index (χ1) is 13.5. The molecule has 6 heteroatoms. The second-order valence-corrected chi connectivity index (χ2v) is 7.82. The van der Waals surface area contributed by atoms with E-state index in [4.69, 9.17) is 16.0 Å². The van der Waals surface area contributed by atoms with Crippen molar-refractivity contribution in [1.29, 1.82) is 0 Å². The zero-order valence-corrected chi connectivity index (χ0v) is 17.1. The highest BCUT2D eigenvalue weighted by atomic mass is 35.5. The molecule has 2 aromatic rings. The lowest BCUT2D eigenvalue weighted by atomic mass is 9.92. The molecule has 1 atom stereocenters. The average molecular weight is 400 g/mol. The van der Waals surface area contributed by atoms with Crippen molar-refractivity contribution in [1.82, 2.24) is 10.2 Å². The van der Waals surface area contributed by atoms with E-state index < -0.39 is 0 Å². The summed E-state index contributed by atoms with van der Waals surface area (Å²) in [5, 5.41) is 3.48. The summed E-state index contributed by atoms with van der Waals surface area (Å²) in [6.45, 7) is 8.31. The van der Waals surface area contributed by atoms with Crippen LogP contribution in [0.3, 0.4) is 0 Å². The number of aliphatic imine (C=N–C) groups is 1. The number of halogens is 1. The lowest BCUT2D eigenvalue weighted by Crippen LogP contribution is -2.22. The van der Waals surface area contributed by atoms with Gasteiger partial charge in [-0.25, -0.2) is 0 Å². The van der Waals surface area contributed by atoms with Crippen molar-refractivity contribution in [3.05, 3.63) is 58.0 Å². The highest BCUT2D eigenvalue weighted by Crippen LogP contribution is 2.49. The highest BCUT2D eigenvalue weighted by molar-refractivity contribution is 6.32. The molecule has 1 unspecified atom stereocenters. The van der Waals surface area contributed by atoms with Crippen molar-refractivity contribution in [2.75, 3.05) is 14.1 Å². The topological polar surface area (TPSA) is 57.8 Å². The molecule has 148 valence electrons. The van der Waals surface area contributed by atoms with Gasteiger partial charge in [0.25, 0.3) is 0 Å². The lowest BCUT2D eigenvalue weighted by Gasteiger charge is -2.20. The molecule has 1 fully saturated rings. The van der Waals surface area contributed by atoms with Crippen LogP contribution < -0.4 is 5.32 Å². The van der Waals surface area contributed by atoms with Crippen LogP contribution >= 0.6 is 11.6 Å². The lowest BCUT2D eigenvalue weighted by molar-refractivity contribution is -0.110. The van der Waals surface area contributed by atoms with Crippen molar-refractivity contribution in [2.45, 2.75) is 37.8 Å². The Balaban J connectivity index is 1.98. The molecule has 3 rings (SSSR count). The Hall–Kier alpha value is -2.37. The second-order valence-electron chi connectivity index (χ2n) is 7.41. The van der Waals surface area contributed by atoms with Gasteiger partial charge in [-0.3, -0.25) is 9.79 Å². The number of nitrogens with one attached hydrogen (secondary N) is 1. The largest absolute Gasteiger partial charge is 0.463 e. The fourth-order valence-electron chi connectivity index (χ4n) is 3.60. The van der Waals surface area contributed by atoms with Crippen LogP contribution in [0, 0.1) is 0 Å². The summed E-state index contributed by atoms with van der Waals surface area (Å²) >= 11 is 6.50. The normalized spacial score (nSPS) is 14.7. The van der Waals surface area contributed by atoms with Gasteiger partial charge >= 0.3 is 0 Å². The fourth-order valence-corrected chi connectivity index (χ4v) is 3.90. The van der Waals surface area contributed by atoms with Gasteiger partial charge in [0.1, 0.15) is 11.5 Å². The van der Waals surface area contributed by atoms with Gasteiger partial charge < -0.3 is 14.6 Å².